The standard InChI is InChI=1S/C16H18F2N2O/c1-3-7-19-9-12-10-20-11(2)8-15(12)21-14-6-4-5-13(17)16(14)18/h4-6,8,10,19H,3,7,9H2,1-2H3. The van der Waals surface area contributed by atoms with E-state index in [0.29, 0.717) is 12.3 Å². The van der Waals surface area contributed by atoms with E-state index in [9.17, 15) is 8.78 Å². The van der Waals surface area contributed by atoms with E-state index in [1.54, 1.807) is 12.3 Å². The van der Waals surface area contributed by atoms with Gasteiger partial charge in [-0.2, -0.15) is 4.39 Å². The maximum atomic E-state index is 13.7. The fourth-order valence-corrected chi connectivity index (χ4v) is 1.87. The first-order valence-corrected chi connectivity index (χ1v) is 6.90. The number of hydrogen-bond acceptors (Lipinski definition) is 3. The third kappa shape index (κ3) is 3.98. The lowest BCUT2D eigenvalue weighted by Crippen LogP contribution is -2.14. The summed E-state index contributed by atoms with van der Waals surface area (Å²) in [5, 5.41) is 3.24. The molecule has 0 saturated heterocycles. The molecule has 0 unspecified atom stereocenters. The summed E-state index contributed by atoms with van der Waals surface area (Å²) in [7, 11) is 0. The zero-order chi connectivity index (χ0) is 15.2. The van der Waals surface area contributed by atoms with E-state index >= 15 is 0 Å². The molecule has 112 valence electrons. The predicted octanol–water partition coefficient (Wildman–Crippen LogP) is 3.96. The van der Waals surface area contributed by atoms with Crippen molar-refractivity contribution in [2.24, 2.45) is 0 Å². The van der Waals surface area contributed by atoms with Crippen molar-refractivity contribution in [1.82, 2.24) is 10.3 Å². The zero-order valence-electron chi connectivity index (χ0n) is 12.1. The summed E-state index contributed by atoms with van der Waals surface area (Å²) in [6, 6.07) is 5.59. The SMILES string of the molecule is CCCNCc1cnc(C)cc1Oc1cccc(F)c1F. The molecule has 0 radical (unpaired) electrons. The van der Waals surface area contributed by atoms with Crippen molar-refractivity contribution in [3.05, 3.63) is 53.4 Å². The van der Waals surface area contributed by atoms with Gasteiger partial charge in [-0.15, -0.1) is 0 Å². The van der Waals surface area contributed by atoms with Gasteiger partial charge in [-0.05, 0) is 32.0 Å². The van der Waals surface area contributed by atoms with Gasteiger partial charge in [0.05, 0.1) is 0 Å². The van der Waals surface area contributed by atoms with Crippen molar-refractivity contribution in [2.75, 3.05) is 6.54 Å². The second-order valence-corrected chi connectivity index (χ2v) is 4.76. The van der Waals surface area contributed by atoms with Gasteiger partial charge in [0.1, 0.15) is 5.75 Å². The molecule has 1 N–H and O–H groups in total. The highest BCUT2D eigenvalue weighted by atomic mass is 19.2. The summed E-state index contributed by atoms with van der Waals surface area (Å²) in [5.74, 6) is -1.56. The van der Waals surface area contributed by atoms with E-state index in [1.165, 1.54) is 12.1 Å². The van der Waals surface area contributed by atoms with Crippen molar-refractivity contribution >= 4 is 0 Å². The van der Waals surface area contributed by atoms with E-state index in [1.807, 2.05) is 6.92 Å². The summed E-state index contributed by atoms with van der Waals surface area (Å²) in [4.78, 5) is 4.21. The number of aryl methyl sites for hydroxylation is 1. The predicted molar refractivity (Wildman–Crippen MR) is 77.4 cm³/mol. The number of nitrogens with zero attached hydrogens (tertiary/aromatic N) is 1. The van der Waals surface area contributed by atoms with Gasteiger partial charge in [-0.1, -0.05) is 13.0 Å². The molecule has 0 atom stereocenters. The molecule has 0 bridgehead atoms. The van der Waals surface area contributed by atoms with Gasteiger partial charge < -0.3 is 10.1 Å². The first-order chi connectivity index (χ1) is 10.1. The van der Waals surface area contributed by atoms with Crippen molar-refractivity contribution in [3.63, 3.8) is 0 Å². The van der Waals surface area contributed by atoms with Crippen molar-refractivity contribution in [1.29, 1.82) is 0 Å². The third-order valence-corrected chi connectivity index (χ3v) is 2.96. The molecule has 2 aromatic rings. The summed E-state index contributed by atoms with van der Waals surface area (Å²) in [5.41, 5.74) is 1.55. The minimum atomic E-state index is -0.987. The van der Waals surface area contributed by atoms with Crippen LogP contribution in [0.25, 0.3) is 0 Å². The van der Waals surface area contributed by atoms with Crippen LogP contribution in [-0.4, -0.2) is 11.5 Å². The maximum absolute atomic E-state index is 13.7. The molecule has 5 heteroatoms. The summed E-state index contributed by atoms with van der Waals surface area (Å²) < 4.78 is 32.5. The molecule has 1 aromatic carbocycles. The second-order valence-electron chi connectivity index (χ2n) is 4.76. The Labute approximate surface area is 123 Å². The van der Waals surface area contributed by atoms with Crippen molar-refractivity contribution < 1.29 is 13.5 Å². The van der Waals surface area contributed by atoms with Crippen LogP contribution in [0, 0.1) is 18.6 Å². The molecule has 0 aliphatic rings. The molecule has 21 heavy (non-hydrogen) atoms. The lowest BCUT2D eigenvalue weighted by molar-refractivity contribution is 0.411. The summed E-state index contributed by atoms with van der Waals surface area (Å²) in [6.07, 6.45) is 2.69. The molecular formula is C16H18F2N2O. The van der Waals surface area contributed by atoms with E-state index in [-0.39, 0.29) is 5.75 Å². The zero-order valence-corrected chi connectivity index (χ0v) is 12.1. The van der Waals surface area contributed by atoms with Gasteiger partial charge in [0.15, 0.2) is 11.6 Å². The van der Waals surface area contributed by atoms with Gasteiger partial charge in [-0.25, -0.2) is 4.39 Å². The molecule has 2 rings (SSSR count). The van der Waals surface area contributed by atoms with Gasteiger partial charge in [-0.3, -0.25) is 4.98 Å². The van der Waals surface area contributed by atoms with Crippen LogP contribution < -0.4 is 10.1 Å². The number of hydrogen-bond donors (Lipinski definition) is 1. The molecule has 0 aliphatic carbocycles. The van der Waals surface area contributed by atoms with Crippen molar-refractivity contribution in [2.45, 2.75) is 26.8 Å². The Morgan fingerprint density at radius 1 is 1.24 bits per heavy atom. The van der Waals surface area contributed by atoms with Gasteiger partial charge in [0.25, 0.3) is 0 Å². The van der Waals surface area contributed by atoms with Gasteiger partial charge in [0, 0.05) is 30.1 Å². The smallest absolute Gasteiger partial charge is 0.201 e. The highest BCUT2D eigenvalue weighted by molar-refractivity contribution is 5.38. The molecular weight excluding hydrogens is 274 g/mol. The van der Waals surface area contributed by atoms with E-state index in [4.69, 9.17) is 4.74 Å². The Morgan fingerprint density at radius 3 is 2.81 bits per heavy atom. The Bertz CT molecular complexity index is 617. The van der Waals surface area contributed by atoms with Crippen LogP contribution in [-0.2, 0) is 6.54 Å². The molecule has 0 saturated carbocycles. The molecule has 3 nitrogen and oxygen atoms in total. The van der Waals surface area contributed by atoms with Crippen LogP contribution >= 0.6 is 0 Å². The van der Waals surface area contributed by atoms with Gasteiger partial charge >= 0.3 is 0 Å². The van der Waals surface area contributed by atoms with Gasteiger partial charge in [0.2, 0.25) is 5.82 Å². The fourth-order valence-electron chi connectivity index (χ4n) is 1.87. The highest BCUT2D eigenvalue weighted by Crippen LogP contribution is 2.28. The van der Waals surface area contributed by atoms with Crippen LogP contribution in [0.5, 0.6) is 11.5 Å². The number of rotatable bonds is 6. The molecule has 0 spiro atoms. The topological polar surface area (TPSA) is 34.2 Å². The van der Waals surface area contributed by atoms with Crippen LogP contribution in [0.15, 0.2) is 30.5 Å². The highest BCUT2D eigenvalue weighted by Gasteiger charge is 2.12. The third-order valence-electron chi connectivity index (χ3n) is 2.96. The Kier molecular flexibility index (Phi) is 5.22. The Morgan fingerprint density at radius 2 is 2.05 bits per heavy atom. The summed E-state index contributed by atoms with van der Waals surface area (Å²) >= 11 is 0. The molecule has 0 amide bonds. The first-order valence-electron chi connectivity index (χ1n) is 6.90. The number of halogens is 2. The molecule has 0 aliphatic heterocycles. The minimum Gasteiger partial charge on any atom is -0.454 e. The van der Waals surface area contributed by atoms with Crippen LogP contribution in [0.1, 0.15) is 24.6 Å². The number of ether oxygens (including phenoxy) is 1. The number of pyridine rings is 1. The normalized spacial score (nSPS) is 10.7. The average molecular weight is 292 g/mol. The fraction of sp³-hybridized carbons (Fsp3) is 0.312. The quantitative estimate of drug-likeness (QED) is 0.818. The van der Waals surface area contributed by atoms with E-state index < -0.39 is 11.6 Å². The number of aromatic nitrogens is 1. The first kappa shape index (κ1) is 15.4. The summed E-state index contributed by atoms with van der Waals surface area (Å²) in [6.45, 7) is 5.31. The van der Waals surface area contributed by atoms with Crippen molar-refractivity contribution in [3.8, 4) is 11.5 Å². The van der Waals surface area contributed by atoms with Crippen LogP contribution in [0.3, 0.4) is 0 Å². The second kappa shape index (κ2) is 7.13. The van der Waals surface area contributed by atoms with Crippen LogP contribution in [0.2, 0.25) is 0 Å². The lowest BCUT2D eigenvalue weighted by atomic mass is 10.2. The largest absolute Gasteiger partial charge is 0.454 e. The number of nitrogens with one attached hydrogen (secondary N) is 1. The minimum absolute atomic E-state index is 0.127. The van der Waals surface area contributed by atoms with E-state index in [2.05, 4.69) is 17.2 Å². The molecule has 1 aromatic heterocycles. The Balaban J connectivity index is 2.25. The molecule has 0 fully saturated rings. The lowest BCUT2D eigenvalue weighted by Gasteiger charge is -2.13. The monoisotopic (exact) mass is 292 g/mol. The van der Waals surface area contributed by atoms with E-state index in [0.717, 1.165) is 30.3 Å². The Hall–Kier alpha value is -2.01. The maximum Gasteiger partial charge on any atom is 0.201 e. The average Bonchev–Trinajstić information content (AvgIpc) is 2.46. The number of benzene rings is 1. The molecule has 1 heterocycles. The van der Waals surface area contributed by atoms with Crippen LogP contribution in [0.4, 0.5) is 8.78 Å².